The van der Waals surface area contributed by atoms with Gasteiger partial charge in [0, 0.05) is 10.9 Å². The van der Waals surface area contributed by atoms with Crippen LogP contribution in [0.5, 0.6) is 0 Å². The topological polar surface area (TPSA) is 67.0 Å². The molecule has 1 aliphatic carbocycles. The fourth-order valence-electron chi connectivity index (χ4n) is 2.33. The highest BCUT2D eigenvalue weighted by atomic mass is 79.9. The molecule has 1 aliphatic rings. The van der Waals surface area contributed by atoms with Gasteiger partial charge in [0.25, 0.3) is 0 Å². The van der Waals surface area contributed by atoms with Crippen molar-refractivity contribution in [1.82, 2.24) is 9.97 Å². The first-order valence-corrected chi connectivity index (χ1v) is 7.86. The normalized spacial score (nSPS) is 20.4. The molecule has 2 aromatic rings. The molecule has 23 heavy (non-hydrogen) atoms. The summed E-state index contributed by atoms with van der Waals surface area (Å²) in [4.78, 5) is 17.7. The molecule has 5 nitrogen and oxygen atoms in total. The molecule has 0 aliphatic heterocycles. The molecule has 1 unspecified atom stereocenters. The van der Waals surface area contributed by atoms with Crippen LogP contribution >= 0.6 is 27.5 Å². The number of ether oxygens (including phenoxy) is 1. The number of carbonyl (C=O) groups excluding carboxylic acids is 1. The van der Waals surface area contributed by atoms with Crippen LogP contribution in [-0.4, -0.2) is 28.0 Å². The standard InChI is InChI=1S/C15H12BrClFN3O2/c1-23-14(22)9-6-10-13(20-7-19-10)11(18)12(9)21-15(17)4-2-8(16)3-5-15/h2-4,6-7,21H,5H2,1H3,(H,19,20). The van der Waals surface area contributed by atoms with Gasteiger partial charge in [-0.15, -0.1) is 0 Å². The summed E-state index contributed by atoms with van der Waals surface area (Å²) < 4.78 is 20.4. The Kier molecular flexibility index (Phi) is 4.16. The van der Waals surface area contributed by atoms with Crippen molar-refractivity contribution in [2.45, 2.75) is 11.4 Å². The van der Waals surface area contributed by atoms with Crippen molar-refractivity contribution in [2.24, 2.45) is 0 Å². The van der Waals surface area contributed by atoms with Crippen LogP contribution in [0.25, 0.3) is 11.0 Å². The largest absolute Gasteiger partial charge is 0.465 e. The molecule has 2 N–H and O–H groups in total. The van der Waals surface area contributed by atoms with Crippen molar-refractivity contribution in [1.29, 1.82) is 0 Å². The third-order valence-electron chi connectivity index (χ3n) is 3.49. The second-order valence-corrected chi connectivity index (χ2v) is 6.61. The summed E-state index contributed by atoms with van der Waals surface area (Å²) in [5, 5.41) is 2.90. The van der Waals surface area contributed by atoms with Crippen molar-refractivity contribution in [3.63, 3.8) is 0 Å². The zero-order chi connectivity index (χ0) is 16.6. The number of halogens is 3. The summed E-state index contributed by atoms with van der Waals surface area (Å²) >= 11 is 9.82. The number of nitrogens with one attached hydrogen (secondary N) is 2. The lowest BCUT2D eigenvalue weighted by Crippen LogP contribution is -2.31. The predicted octanol–water partition coefficient (Wildman–Crippen LogP) is 4.07. The Morgan fingerprint density at radius 2 is 2.39 bits per heavy atom. The van der Waals surface area contributed by atoms with Gasteiger partial charge < -0.3 is 15.0 Å². The molecule has 1 atom stereocenters. The van der Waals surface area contributed by atoms with Gasteiger partial charge in [-0.1, -0.05) is 33.6 Å². The number of esters is 1. The number of allylic oxidation sites excluding steroid dienone is 2. The van der Waals surface area contributed by atoms with Crippen LogP contribution in [0.15, 0.2) is 35.1 Å². The van der Waals surface area contributed by atoms with Crippen molar-refractivity contribution in [3.8, 4) is 0 Å². The Bertz CT molecular complexity index is 849. The summed E-state index contributed by atoms with van der Waals surface area (Å²) in [7, 11) is 1.23. The van der Waals surface area contributed by atoms with E-state index >= 15 is 0 Å². The molecule has 0 saturated carbocycles. The van der Waals surface area contributed by atoms with E-state index in [-0.39, 0.29) is 16.8 Å². The number of rotatable bonds is 3. The van der Waals surface area contributed by atoms with E-state index in [1.54, 1.807) is 12.2 Å². The number of imidazole rings is 1. The number of aromatic amines is 1. The highest BCUT2D eigenvalue weighted by molar-refractivity contribution is 9.11. The Morgan fingerprint density at radius 1 is 1.61 bits per heavy atom. The minimum atomic E-state index is -1.05. The number of aromatic nitrogens is 2. The Balaban J connectivity index is 2.10. The zero-order valence-corrected chi connectivity index (χ0v) is 14.3. The number of hydrogen-bond donors (Lipinski definition) is 2. The van der Waals surface area contributed by atoms with Crippen molar-refractivity contribution < 1.29 is 13.9 Å². The number of alkyl halides is 1. The fraction of sp³-hybridized carbons (Fsp3) is 0.200. The van der Waals surface area contributed by atoms with Crippen LogP contribution in [0.4, 0.5) is 10.1 Å². The zero-order valence-electron chi connectivity index (χ0n) is 12.0. The predicted molar refractivity (Wildman–Crippen MR) is 90.4 cm³/mol. The van der Waals surface area contributed by atoms with Crippen molar-refractivity contribution in [2.75, 3.05) is 12.4 Å². The van der Waals surface area contributed by atoms with Gasteiger partial charge in [-0.3, -0.25) is 0 Å². The van der Waals surface area contributed by atoms with Gasteiger partial charge in [-0.2, -0.15) is 0 Å². The maximum absolute atomic E-state index is 14.8. The van der Waals surface area contributed by atoms with Gasteiger partial charge in [0.05, 0.1) is 30.2 Å². The van der Waals surface area contributed by atoms with Gasteiger partial charge >= 0.3 is 5.97 Å². The molecule has 0 spiro atoms. The van der Waals surface area contributed by atoms with Crippen LogP contribution in [0.1, 0.15) is 16.8 Å². The van der Waals surface area contributed by atoms with Crippen LogP contribution in [0.2, 0.25) is 0 Å². The maximum atomic E-state index is 14.8. The van der Waals surface area contributed by atoms with E-state index < -0.39 is 16.8 Å². The van der Waals surface area contributed by atoms with Gasteiger partial charge in [-0.05, 0) is 18.2 Å². The number of hydrogen-bond acceptors (Lipinski definition) is 4. The average Bonchev–Trinajstić information content (AvgIpc) is 3.01. The quantitative estimate of drug-likeness (QED) is 0.463. The lowest BCUT2D eigenvalue weighted by molar-refractivity contribution is 0.0601. The second kappa shape index (κ2) is 5.98. The third-order valence-corrected chi connectivity index (χ3v) is 4.46. The first-order valence-electron chi connectivity index (χ1n) is 6.69. The summed E-state index contributed by atoms with van der Waals surface area (Å²) in [5.41, 5.74) is 0.530. The van der Waals surface area contributed by atoms with Gasteiger partial charge in [-0.25, -0.2) is 14.2 Å². The van der Waals surface area contributed by atoms with E-state index in [9.17, 15) is 9.18 Å². The molecule has 1 heterocycles. The van der Waals surface area contributed by atoms with E-state index in [1.165, 1.54) is 19.5 Å². The second-order valence-electron chi connectivity index (χ2n) is 5.02. The number of H-pyrrole nitrogens is 1. The first-order chi connectivity index (χ1) is 10.9. The Morgan fingerprint density at radius 3 is 3.04 bits per heavy atom. The number of fused-ring (bicyclic) bond motifs is 1. The van der Waals surface area contributed by atoms with Crippen molar-refractivity contribution in [3.05, 3.63) is 46.5 Å². The molecule has 120 valence electrons. The number of anilines is 1. The van der Waals surface area contributed by atoms with E-state index in [4.69, 9.17) is 16.3 Å². The van der Waals surface area contributed by atoms with Gasteiger partial charge in [0.2, 0.25) is 0 Å². The highest BCUT2D eigenvalue weighted by Crippen LogP contribution is 2.35. The molecule has 0 bridgehead atoms. The molecule has 3 rings (SSSR count). The lowest BCUT2D eigenvalue weighted by atomic mass is 10.1. The monoisotopic (exact) mass is 399 g/mol. The molecule has 0 radical (unpaired) electrons. The molecule has 0 saturated heterocycles. The molecule has 1 aromatic heterocycles. The minimum Gasteiger partial charge on any atom is -0.465 e. The lowest BCUT2D eigenvalue weighted by Gasteiger charge is -2.28. The van der Waals surface area contributed by atoms with E-state index in [2.05, 4.69) is 31.2 Å². The highest BCUT2D eigenvalue weighted by Gasteiger charge is 2.30. The maximum Gasteiger partial charge on any atom is 0.340 e. The number of methoxy groups -OCH3 is 1. The van der Waals surface area contributed by atoms with Crippen molar-refractivity contribution >= 4 is 50.2 Å². The average molecular weight is 401 g/mol. The van der Waals surface area contributed by atoms with E-state index in [1.807, 2.05) is 6.08 Å². The summed E-state index contributed by atoms with van der Waals surface area (Å²) in [6.45, 7) is 0. The first kappa shape index (κ1) is 16.0. The summed E-state index contributed by atoms with van der Waals surface area (Å²) in [6.07, 6.45) is 7.06. The molecular formula is C15H12BrClFN3O2. The molecule has 8 heteroatoms. The van der Waals surface area contributed by atoms with E-state index in [0.29, 0.717) is 11.9 Å². The summed E-state index contributed by atoms with van der Waals surface area (Å²) in [6, 6.07) is 1.48. The van der Waals surface area contributed by atoms with Crippen LogP contribution in [0, 0.1) is 5.82 Å². The SMILES string of the molecule is COC(=O)c1cc2[nH]cnc2c(F)c1NC1(Cl)C=CC(Br)=CC1. The van der Waals surface area contributed by atoms with Crippen LogP contribution < -0.4 is 5.32 Å². The van der Waals surface area contributed by atoms with E-state index in [0.717, 1.165) is 4.48 Å². The Labute approximate surface area is 144 Å². The molecule has 1 aromatic carbocycles. The summed E-state index contributed by atoms with van der Waals surface area (Å²) in [5.74, 6) is -1.33. The van der Waals surface area contributed by atoms with Gasteiger partial charge in [0.15, 0.2) is 5.82 Å². The van der Waals surface area contributed by atoms with Gasteiger partial charge in [0.1, 0.15) is 10.5 Å². The number of carbonyl (C=O) groups is 1. The van der Waals surface area contributed by atoms with Crippen LogP contribution in [0.3, 0.4) is 0 Å². The fourth-order valence-corrected chi connectivity index (χ4v) is 2.86. The van der Waals surface area contributed by atoms with Crippen LogP contribution in [-0.2, 0) is 4.74 Å². The third kappa shape index (κ3) is 2.98. The molecule has 0 fully saturated rings. The minimum absolute atomic E-state index is 0.0393. The smallest absolute Gasteiger partial charge is 0.340 e. The molecule has 0 amide bonds. The molecular weight excluding hydrogens is 389 g/mol. The number of nitrogens with zero attached hydrogens (tertiary/aromatic N) is 1. The number of benzene rings is 1. The Hall–Kier alpha value is -1.86.